The summed E-state index contributed by atoms with van der Waals surface area (Å²) in [7, 11) is 0. The van der Waals surface area contributed by atoms with Crippen molar-refractivity contribution in [1.82, 2.24) is 5.32 Å². The number of aliphatic hydroxyl groups is 1. The van der Waals surface area contributed by atoms with E-state index >= 15 is 0 Å². The van der Waals surface area contributed by atoms with Gasteiger partial charge >= 0.3 is 0 Å². The summed E-state index contributed by atoms with van der Waals surface area (Å²) in [4.78, 5) is 11.5. The van der Waals surface area contributed by atoms with Gasteiger partial charge in [-0.3, -0.25) is 4.79 Å². The van der Waals surface area contributed by atoms with Crippen molar-refractivity contribution in [3.8, 4) is 0 Å². The number of allylic oxidation sites excluding steroid dienone is 1. The van der Waals surface area contributed by atoms with Crippen LogP contribution < -0.4 is 5.32 Å². The number of carbonyl (C=O) groups excluding carboxylic acids is 1. The van der Waals surface area contributed by atoms with E-state index in [1.54, 1.807) is 12.1 Å². The van der Waals surface area contributed by atoms with Crippen molar-refractivity contribution in [2.24, 2.45) is 0 Å². The number of carbonyl (C=O) groups is 1. The van der Waals surface area contributed by atoms with Crippen LogP contribution >= 0.6 is 0 Å². The highest BCUT2D eigenvalue weighted by atomic mass is 16.3. The Morgan fingerprint density at radius 1 is 1.05 bits per heavy atom. The minimum absolute atomic E-state index is 0.267. The van der Waals surface area contributed by atoms with Crippen molar-refractivity contribution in [2.45, 2.75) is 12.8 Å². The number of hydrogen-bond donors (Lipinski definition) is 2. The van der Waals surface area contributed by atoms with E-state index in [9.17, 15) is 4.79 Å². The fraction of sp³-hybridized carbons (Fsp3) is 0.167. The van der Waals surface area contributed by atoms with Crippen molar-refractivity contribution < 1.29 is 9.90 Å². The molecule has 0 heterocycles. The van der Waals surface area contributed by atoms with Crippen molar-refractivity contribution in [1.29, 1.82) is 0 Å². The molecule has 2 N–H and O–H groups in total. The molecule has 0 spiro atoms. The van der Waals surface area contributed by atoms with E-state index in [1.807, 2.05) is 18.2 Å². The fourth-order valence-electron chi connectivity index (χ4n) is 2.03. The molecule has 2 rings (SSSR count). The number of hydrogen-bond acceptors (Lipinski definition) is 2. The zero-order valence-corrected chi connectivity index (χ0v) is 11.8. The Morgan fingerprint density at radius 2 is 1.76 bits per heavy atom. The molecule has 0 aliphatic heterocycles. The minimum Gasteiger partial charge on any atom is -0.376 e. The molecule has 108 valence electrons. The molecule has 0 fully saturated rings. The van der Waals surface area contributed by atoms with Crippen LogP contribution in [0.5, 0.6) is 0 Å². The van der Waals surface area contributed by atoms with Gasteiger partial charge in [-0.05, 0) is 36.1 Å². The number of aliphatic hydroxyl groups excluding tert-OH is 1. The lowest BCUT2D eigenvalue weighted by Crippen LogP contribution is -2.23. The van der Waals surface area contributed by atoms with Crippen LogP contribution in [0.3, 0.4) is 0 Å². The summed E-state index contributed by atoms with van der Waals surface area (Å²) in [5.74, 6) is -0.267. The van der Waals surface area contributed by atoms with Gasteiger partial charge in [0.2, 0.25) is 0 Å². The molecule has 0 aliphatic rings. The maximum Gasteiger partial charge on any atom is 0.253 e. The first-order chi connectivity index (χ1) is 10.3. The lowest BCUT2D eigenvalue weighted by Gasteiger charge is -2.02. The molecule has 3 heteroatoms. The highest BCUT2D eigenvalue weighted by Crippen LogP contribution is 2.08. The average molecular weight is 281 g/mol. The molecule has 2 aromatic carbocycles. The van der Waals surface area contributed by atoms with E-state index in [0.29, 0.717) is 5.56 Å². The first-order valence-corrected chi connectivity index (χ1v) is 6.99. The quantitative estimate of drug-likeness (QED) is 0.800. The SMILES string of the molecule is O=C(NCO)c1ccc(C=CCCc2ccccc2)cc1. The van der Waals surface area contributed by atoms with E-state index in [0.717, 1.165) is 18.4 Å². The zero-order chi connectivity index (χ0) is 14.9. The number of rotatable bonds is 6. The normalized spacial score (nSPS) is 10.7. The van der Waals surface area contributed by atoms with Crippen LogP contribution in [0.15, 0.2) is 60.7 Å². The third kappa shape index (κ3) is 4.89. The summed E-state index contributed by atoms with van der Waals surface area (Å²) < 4.78 is 0. The van der Waals surface area contributed by atoms with Crippen molar-refractivity contribution in [3.05, 3.63) is 77.4 Å². The molecule has 0 unspecified atom stereocenters. The molecular weight excluding hydrogens is 262 g/mol. The first kappa shape index (κ1) is 15.0. The van der Waals surface area contributed by atoms with Gasteiger partial charge in [0, 0.05) is 5.56 Å². The van der Waals surface area contributed by atoms with Gasteiger partial charge in [-0.25, -0.2) is 0 Å². The second kappa shape index (κ2) is 8.02. The van der Waals surface area contributed by atoms with E-state index in [-0.39, 0.29) is 12.6 Å². The summed E-state index contributed by atoms with van der Waals surface area (Å²) in [6.45, 7) is -0.347. The lowest BCUT2D eigenvalue weighted by molar-refractivity contribution is 0.0910. The predicted molar refractivity (Wildman–Crippen MR) is 84.8 cm³/mol. The Kier molecular flexibility index (Phi) is 5.73. The monoisotopic (exact) mass is 281 g/mol. The van der Waals surface area contributed by atoms with E-state index in [4.69, 9.17) is 5.11 Å². The molecule has 3 nitrogen and oxygen atoms in total. The molecule has 1 amide bonds. The summed E-state index contributed by atoms with van der Waals surface area (Å²) in [5, 5.41) is 11.0. The van der Waals surface area contributed by atoms with E-state index in [1.165, 1.54) is 5.56 Å². The molecule has 0 saturated heterocycles. The first-order valence-electron chi connectivity index (χ1n) is 6.99. The van der Waals surface area contributed by atoms with Crippen LogP contribution in [0.1, 0.15) is 27.9 Å². The Morgan fingerprint density at radius 3 is 2.43 bits per heavy atom. The van der Waals surface area contributed by atoms with Crippen molar-refractivity contribution >= 4 is 12.0 Å². The van der Waals surface area contributed by atoms with Gasteiger partial charge < -0.3 is 10.4 Å². The predicted octanol–water partition coefficient (Wildman–Crippen LogP) is 3.01. The molecule has 0 bridgehead atoms. The van der Waals surface area contributed by atoms with Crippen molar-refractivity contribution in [2.75, 3.05) is 6.73 Å². The Hall–Kier alpha value is -2.39. The summed E-state index contributed by atoms with van der Waals surface area (Å²) in [5.41, 5.74) is 2.94. The summed E-state index contributed by atoms with van der Waals surface area (Å²) in [6.07, 6.45) is 6.19. The van der Waals surface area contributed by atoms with Gasteiger partial charge in [0.25, 0.3) is 5.91 Å². The Balaban J connectivity index is 1.85. The maximum absolute atomic E-state index is 11.5. The number of nitrogens with one attached hydrogen (secondary N) is 1. The molecule has 21 heavy (non-hydrogen) atoms. The third-order valence-corrected chi connectivity index (χ3v) is 3.17. The van der Waals surface area contributed by atoms with Crippen molar-refractivity contribution in [3.63, 3.8) is 0 Å². The van der Waals surface area contributed by atoms with Crippen LogP contribution in [0.4, 0.5) is 0 Å². The average Bonchev–Trinajstić information content (AvgIpc) is 2.53. The lowest BCUT2D eigenvalue weighted by atomic mass is 10.1. The van der Waals surface area contributed by atoms with Gasteiger partial charge in [0.1, 0.15) is 6.73 Å². The molecule has 0 aromatic heterocycles. The molecule has 2 aromatic rings. The summed E-state index contributed by atoms with van der Waals surface area (Å²) in [6, 6.07) is 17.7. The zero-order valence-electron chi connectivity index (χ0n) is 11.8. The van der Waals surface area contributed by atoms with Crippen LogP contribution in [0.2, 0.25) is 0 Å². The number of amides is 1. The molecular formula is C18H19NO2. The van der Waals surface area contributed by atoms with Crippen LogP contribution in [-0.4, -0.2) is 17.7 Å². The smallest absolute Gasteiger partial charge is 0.253 e. The minimum atomic E-state index is -0.347. The maximum atomic E-state index is 11.5. The van der Waals surface area contributed by atoms with Crippen LogP contribution in [0, 0.1) is 0 Å². The van der Waals surface area contributed by atoms with E-state index < -0.39 is 0 Å². The fourth-order valence-corrected chi connectivity index (χ4v) is 2.03. The topological polar surface area (TPSA) is 49.3 Å². The molecule has 0 atom stereocenters. The van der Waals surface area contributed by atoms with Gasteiger partial charge in [0.05, 0.1) is 0 Å². The standard InChI is InChI=1S/C18H19NO2/c20-14-19-18(21)17-12-10-16(11-13-17)9-5-4-8-15-6-2-1-3-7-15/h1-3,5-7,9-13,20H,4,8,14H2,(H,19,21). The highest BCUT2D eigenvalue weighted by Gasteiger charge is 2.02. The van der Waals surface area contributed by atoms with Gasteiger partial charge in [0.15, 0.2) is 0 Å². The largest absolute Gasteiger partial charge is 0.376 e. The van der Waals surface area contributed by atoms with Crippen LogP contribution in [0.25, 0.3) is 6.08 Å². The highest BCUT2D eigenvalue weighted by molar-refractivity contribution is 5.94. The van der Waals surface area contributed by atoms with E-state index in [2.05, 4.69) is 41.7 Å². The summed E-state index contributed by atoms with van der Waals surface area (Å²) >= 11 is 0. The number of benzene rings is 2. The number of aryl methyl sites for hydroxylation is 1. The second-order valence-corrected chi connectivity index (χ2v) is 4.71. The van der Waals surface area contributed by atoms with Crippen LogP contribution in [-0.2, 0) is 6.42 Å². The van der Waals surface area contributed by atoms with Gasteiger partial charge in [-0.15, -0.1) is 0 Å². The molecule has 0 aliphatic carbocycles. The third-order valence-electron chi connectivity index (χ3n) is 3.17. The Bertz CT molecular complexity index is 588. The Labute approximate surface area is 124 Å². The molecule has 0 radical (unpaired) electrons. The molecule has 0 saturated carbocycles. The van der Waals surface area contributed by atoms with Gasteiger partial charge in [-0.2, -0.15) is 0 Å². The second-order valence-electron chi connectivity index (χ2n) is 4.71. The van der Waals surface area contributed by atoms with Gasteiger partial charge in [-0.1, -0.05) is 54.6 Å².